The Balaban J connectivity index is 1.69. The van der Waals surface area contributed by atoms with Gasteiger partial charge in [-0.25, -0.2) is 12.7 Å². The summed E-state index contributed by atoms with van der Waals surface area (Å²) >= 11 is 1.48. The number of carbonyl (C=O) groups excluding carboxylic acids is 1. The summed E-state index contributed by atoms with van der Waals surface area (Å²) in [7, 11) is -0.741. The van der Waals surface area contributed by atoms with Crippen molar-refractivity contribution in [3.63, 3.8) is 0 Å². The molecule has 0 fully saturated rings. The lowest BCUT2D eigenvalue weighted by atomic mass is 10.2. The minimum absolute atomic E-state index is 0.0435. The van der Waals surface area contributed by atoms with Crippen molar-refractivity contribution in [2.24, 2.45) is 0 Å². The van der Waals surface area contributed by atoms with Gasteiger partial charge in [0.05, 0.1) is 16.3 Å². The number of rotatable bonds is 6. The van der Waals surface area contributed by atoms with Gasteiger partial charge in [0.1, 0.15) is 0 Å². The van der Waals surface area contributed by atoms with Crippen LogP contribution in [0.3, 0.4) is 0 Å². The molecule has 0 atom stereocenters. The molecule has 0 aliphatic carbocycles. The smallest absolute Gasteiger partial charge is 0.251 e. The highest BCUT2D eigenvalue weighted by Crippen LogP contribution is 2.21. The number of thiophene rings is 1. The quantitative estimate of drug-likeness (QED) is 0.688. The van der Waals surface area contributed by atoms with Crippen LogP contribution >= 0.6 is 11.3 Å². The maximum absolute atomic E-state index is 12.3. The molecule has 0 radical (unpaired) electrons. The fraction of sp³-hybridized carbons (Fsp3) is 0.188. The highest BCUT2D eigenvalue weighted by atomic mass is 32.2. The van der Waals surface area contributed by atoms with Crippen molar-refractivity contribution in [2.75, 3.05) is 14.1 Å². The number of benzene rings is 1. The zero-order valence-corrected chi connectivity index (χ0v) is 15.7. The molecule has 0 aliphatic heterocycles. The number of hydrogen-bond acceptors (Lipinski definition) is 7. The topological polar surface area (TPSA) is 105 Å². The Morgan fingerprint density at radius 1 is 1.27 bits per heavy atom. The van der Waals surface area contributed by atoms with Gasteiger partial charge in [-0.2, -0.15) is 4.98 Å². The number of amides is 1. The molecule has 3 rings (SSSR count). The summed E-state index contributed by atoms with van der Waals surface area (Å²) in [5, 5.41) is 8.41. The van der Waals surface area contributed by atoms with Gasteiger partial charge in [-0.1, -0.05) is 17.3 Å². The average molecular weight is 392 g/mol. The van der Waals surface area contributed by atoms with Crippen LogP contribution in [0.25, 0.3) is 10.7 Å². The Labute approximate surface area is 154 Å². The molecule has 136 valence electrons. The molecule has 0 saturated carbocycles. The first-order valence-electron chi connectivity index (χ1n) is 7.55. The van der Waals surface area contributed by atoms with Gasteiger partial charge in [0.2, 0.25) is 21.7 Å². The first-order chi connectivity index (χ1) is 12.4. The molecule has 0 spiro atoms. The number of aromatic nitrogens is 2. The van der Waals surface area contributed by atoms with E-state index in [1.807, 2.05) is 17.5 Å². The molecule has 2 aromatic heterocycles. The maximum atomic E-state index is 12.3. The van der Waals surface area contributed by atoms with Crippen molar-refractivity contribution in [3.05, 3.63) is 53.2 Å². The van der Waals surface area contributed by atoms with Gasteiger partial charge in [-0.05, 0) is 29.6 Å². The highest BCUT2D eigenvalue weighted by Gasteiger charge is 2.19. The average Bonchev–Trinajstić information content (AvgIpc) is 3.31. The second-order valence-corrected chi connectivity index (χ2v) is 8.59. The molecule has 0 unspecified atom stereocenters. The van der Waals surface area contributed by atoms with Crippen LogP contribution in [0.5, 0.6) is 0 Å². The van der Waals surface area contributed by atoms with Crippen LogP contribution < -0.4 is 5.32 Å². The van der Waals surface area contributed by atoms with Crippen LogP contribution in [0.1, 0.15) is 16.2 Å². The third-order valence-electron chi connectivity index (χ3n) is 3.48. The monoisotopic (exact) mass is 392 g/mol. The van der Waals surface area contributed by atoms with E-state index in [2.05, 4.69) is 15.5 Å². The van der Waals surface area contributed by atoms with Crippen LogP contribution in [0, 0.1) is 0 Å². The molecule has 8 nitrogen and oxygen atoms in total. The summed E-state index contributed by atoms with van der Waals surface area (Å²) in [6, 6.07) is 9.58. The van der Waals surface area contributed by atoms with E-state index in [-0.39, 0.29) is 22.9 Å². The summed E-state index contributed by atoms with van der Waals surface area (Å²) < 4.78 is 30.5. The SMILES string of the molecule is CN(C)S(=O)(=O)c1cccc(C(=O)NCc2nc(-c3cccs3)no2)c1. The molecule has 0 bridgehead atoms. The van der Waals surface area contributed by atoms with Crippen LogP contribution in [-0.2, 0) is 16.6 Å². The molecular weight excluding hydrogens is 376 g/mol. The lowest BCUT2D eigenvalue weighted by Gasteiger charge is -2.12. The van der Waals surface area contributed by atoms with E-state index >= 15 is 0 Å². The molecule has 1 N–H and O–H groups in total. The van der Waals surface area contributed by atoms with Crippen molar-refractivity contribution < 1.29 is 17.7 Å². The van der Waals surface area contributed by atoms with Gasteiger partial charge in [-0.3, -0.25) is 4.79 Å². The third-order valence-corrected chi connectivity index (χ3v) is 6.16. The third kappa shape index (κ3) is 3.82. The van der Waals surface area contributed by atoms with Crippen molar-refractivity contribution >= 4 is 27.3 Å². The summed E-state index contributed by atoms with van der Waals surface area (Å²) in [6.45, 7) is 0.0435. The van der Waals surface area contributed by atoms with Gasteiger partial charge in [0.15, 0.2) is 0 Å². The van der Waals surface area contributed by atoms with E-state index in [0.29, 0.717) is 5.82 Å². The fourth-order valence-electron chi connectivity index (χ4n) is 2.10. The minimum Gasteiger partial charge on any atom is -0.343 e. The van der Waals surface area contributed by atoms with Gasteiger partial charge < -0.3 is 9.84 Å². The normalized spacial score (nSPS) is 11.7. The molecule has 10 heteroatoms. The van der Waals surface area contributed by atoms with Crippen LogP contribution in [0.4, 0.5) is 0 Å². The summed E-state index contributed by atoms with van der Waals surface area (Å²) in [5.41, 5.74) is 0.228. The molecule has 26 heavy (non-hydrogen) atoms. The van der Waals surface area contributed by atoms with E-state index < -0.39 is 15.9 Å². The van der Waals surface area contributed by atoms with E-state index in [4.69, 9.17) is 4.52 Å². The minimum atomic E-state index is -3.61. The molecule has 1 amide bonds. The molecule has 0 saturated heterocycles. The zero-order valence-electron chi connectivity index (χ0n) is 14.0. The highest BCUT2D eigenvalue weighted by molar-refractivity contribution is 7.89. The second kappa shape index (κ2) is 7.36. The van der Waals surface area contributed by atoms with Crippen LogP contribution in [-0.4, -0.2) is 42.9 Å². The molecule has 2 heterocycles. The van der Waals surface area contributed by atoms with Gasteiger partial charge in [0.25, 0.3) is 5.91 Å². The van der Waals surface area contributed by atoms with Crippen LogP contribution in [0.2, 0.25) is 0 Å². The Kier molecular flexibility index (Phi) is 5.16. The number of nitrogens with zero attached hydrogens (tertiary/aromatic N) is 3. The summed E-state index contributed by atoms with van der Waals surface area (Å²) in [4.78, 5) is 17.4. The first-order valence-corrected chi connectivity index (χ1v) is 9.87. The maximum Gasteiger partial charge on any atom is 0.251 e. The summed E-state index contributed by atoms with van der Waals surface area (Å²) in [6.07, 6.45) is 0. The van der Waals surface area contributed by atoms with E-state index in [1.54, 1.807) is 0 Å². The number of carbonyl (C=O) groups is 1. The zero-order chi connectivity index (χ0) is 18.7. The molecular formula is C16H16N4O4S2. The van der Waals surface area contributed by atoms with Gasteiger partial charge >= 0.3 is 0 Å². The van der Waals surface area contributed by atoms with E-state index in [1.165, 1.54) is 49.7 Å². The Hall–Kier alpha value is -2.56. The van der Waals surface area contributed by atoms with E-state index in [9.17, 15) is 13.2 Å². The molecule has 3 aromatic rings. The van der Waals surface area contributed by atoms with Crippen molar-refractivity contribution in [1.82, 2.24) is 19.8 Å². The van der Waals surface area contributed by atoms with Crippen molar-refractivity contribution in [1.29, 1.82) is 0 Å². The second-order valence-electron chi connectivity index (χ2n) is 5.49. The number of nitrogens with one attached hydrogen (secondary N) is 1. The lowest BCUT2D eigenvalue weighted by molar-refractivity contribution is 0.0946. The predicted octanol–water partition coefficient (Wildman–Crippen LogP) is 1.98. The van der Waals surface area contributed by atoms with Crippen molar-refractivity contribution in [3.8, 4) is 10.7 Å². The van der Waals surface area contributed by atoms with Gasteiger partial charge in [-0.15, -0.1) is 11.3 Å². The summed E-state index contributed by atoms with van der Waals surface area (Å²) in [5.74, 6) is 0.291. The first kappa shape index (κ1) is 18.2. The lowest BCUT2D eigenvalue weighted by Crippen LogP contribution is -2.25. The Morgan fingerprint density at radius 2 is 2.08 bits per heavy atom. The predicted molar refractivity (Wildman–Crippen MR) is 96.1 cm³/mol. The Bertz CT molecular complexity index is 1010. The van der Waals surface area contributed by atoms with E-state index in [0.717, 1.165) is 9.18 Å². The molecule has 0 aliphatic rings. The van der Waals surface area contributed by atoms with Gasteiger partial charge in [0, 0.05) is 19.7 Å². The number of hydrogen-bond donors (Lipinski definition) is 1. The van der Waals surface area contributed by atoms with Crippen LogP contribution in [0.15, 0.2) is 51.2 Å². The largest absolute Gasteiger partial charge is 0.343 e. The number of sulfonamides is 1. The standard InChI is InChI=1S/C16H16N4O4S2/c1-20(2)26(22,23)12-6-3-5-11(9-12)16(21)17-10-14-18-15(19-24-14)13-7-4-8-25-13/h3-9H,10H2,1-2H3,(H,17,21). The van der Waals surface area contributed by atoms with Crippen molar-refractivity contribution in [2.45, 2.75) is 11.4 Å². The fourth-order valence-corrected chi connectivity index (χ4v) is 3.70. The Morgan fingerprint density at radius 3 is 2.77 bits per heavy atom. The molecule has 1 aromatic carbocycles.